The summed E-state index contributed by atoms with van der Waals surface area (Å²) in [5, 5.41) is 3.81. The number of nitrogens with one attached hydrogen (secondary N) is 2. The predicted octanol–water partition coefficient (Wildman–Crippen LogP) is 1.91. The number of nitrogens with zero attached hydrogens (tertiary/aromatic N) is 1. The Balaban J connectivity index is 1.50. The lowest BCUT2D eigenvalue weighted by Crippen LogP contribution is -2.46. The third-order valence-corrected chi connectivity index (χ3v) is 5.10. The van der Waals surface area contributed by atoms with Crippen LogP contribution in [0.4, 0.5) is 4.79 Å². The van der Waals surface area contributed by atoms with Crippen LogP contribution in [0.5, 0.6) is 0 Å². The normalized spacial score (nSPS) is 20.3. The molecule has 1 aromatic heterocycles. The second kappa shape index (κ2) is 5.63. The van der Waals surface area contributed by atoms with Crippen LogP contribution in [-0.2, 0) is 11.3 Å². The van der Waals surface area contributed by atoms with Gasteiger partial charge in [-0.15, -0.1) is 0 Å². The van der Waals surface area contributed by atoms with Crippen molar-refractivity contribution in [1.29, 1.82) is 0 Å². The van der Waals surface area contributed by atoms with E-state index in [1.807, 2.05) is 25.1 Å². The highest BCUT2D eigenvalue weighted by Crippen LogP contribution is 2.29. The van der Waals surface area contributed by atoms with Crippen molar-refractivity contribution in [3.63, 3.8) is 0 Å². The van der Waals surface area contributed by atoms with Crippen LogP contribution < -0.4 is 10.9 Å². The van der Waals surface area contributed by atoms with Gasteiger partial charge < -0.3 is 15.0 Å². The molecule has 4 rings (SSSR count). The van der Waals surface area contributed by atoms with E-state index in [-0.39, 0.29) is 17.3 Å². The number of benzene rings is 1. The molecule has 0 aliphatic carbocycles. The summed E-state index contributed by atoms with van der Waals surface area (Å²) in [6.07, 6.45) is 1.29. The van der Waals surface area contributed by atoms with Crippen molar-refractivity contribution in [1.82, 2.24) is 15.2 Å². The number of hydrogen-bond acceptors (Lipinski definition) is 4. The van der Waals surface area contributed by atoms with Crippen LogP contribution in [-0.4, -0.2) is 41.2 Å². The highest BCUT2D eigenvalue weighted by atomic mass is 16.6. The summed E-state index contributed by atoms with van der Waals surface area (Å²) >= 11 is 0. The number of fused-ring (bicyclic) bond motifs is 1. The molecule has 2 saturated heterocycles. The number of carbonyl (C=O) groups excluding carboxylic acids is 1. The lowest BCUT2D eigenvalue weighted by molar-refractivity contribution is -0.00108. The van der Waals surface area contributed by atoms with E-state index in [4.69, 9.17) is 4.74 Å². The van der Waals surface area contributed by atoms with E-state index in [0.717, 1.165) is 42.4 Å². The molecule has 1 aromatic carbocycles. The average molecular weight is 327 g/mol. The minimum Gasteiger partial charge on any atom is -0.441 e. The van der Waals surface area contributed by atoms with E-state index in [1.54, 1.807) is 0 Å². The van der Waals surface area contributed by atoms with Gasteiger partial charge in [0.2, 0.25) is 0 Å². The molecule has 126 valence electrons. The fourth-order valence-corrected chi connectivity index (χ4v) is 3.63. The third-order valence-electron chi connectivity index (χ3n) is 5.10. The van der Waals surface area contributed by atoms with Crippen LogP contribution in [0.3, 0.4) is 0 Å². The first-order chi connectivity index (χ1) is 11.5. The van der Waals surface area contributed by atoms with Crippen LogP contribution in [0.25, 0.3) is 10.9 Å². The third kappa shape index (κ3) is 2.78. The second-order valence-corrected chi connectivity index (χ2v) is 6.92. The van der Waals surface area contributed by atoms with E-state index < -0.39 is 0 Å². The lowest BCUT2D eigenvalue weighted by atomic mass is 9.91. The van der Waals surface area contributed by atoms with Gasteiger partial charge in [-0.1, -0.05) is 11.6 Å². The number of aryl methyl sites for hydroxylation is 1. The molecule has 0 unspecified atom stereocenters. The van der Waals surface area contributed by atoms with Gasteiger partial charge in [-0.05, 0) is 30.5 Å². The molecule has 0 radical (unpaired) electrons. The molecule has 1 spiro atoms. The maximum atomic E-state index is 12.3. The van der Waals surface area contributed by atoms with E-state index in [2.05, 4.69) is 21.3 Å². The van der Waals surface area contributed by atoms with Crippen molar-refractivity contribution in [2.24, 2.45) is 0 Å². The van der Waals surface area contributed by atoms with Gasteiger partial charge in [-0.2, -0.15) is 0 Å². The van der Waals surface area contributed by atoms with Crippen molar-refractivity contribution in [3.8, 4) is 0 Å². The summed E-state index contributed by atoms with van der Waals surface area (Å²) in [5.74, 6) is 0. The molecule has 0 bridgehead atoms. The van der Waals surface area contributed by atoms with Gasteiger partial charge in [0.25, 0.3) is 5.56 Å². The lowest BCUT2D eigenvalue weighted by Gasteiger charge is -2.37. The molecule has 2 fully saturated rings. The van der Waals surface area contributed by atoms with Crippen LogP contribution in [0.2, 0.25) is 0 Å². The number of carbonyl (C=O) groups is 1. The summed E-state index contributed by atoms with van der Waals surface area (Å²) < 4.78 is 5.44. The minimum atomic E-state index is -0.347. The van der Waals surface area contributed by atoms with Crippen molar-refractivity contribution >= 4 is 17.0 Å². The van der Waals surface area contributed by atoms with E-state index in [1.165, 1.54) is 5.56 Å². The number of ether oxygens (including phenoxy) is 1. The van der Waals surface area contributed by atoms with Gasteiger partial charge in [0.1, 0.15) is 5.60 Å². The zero-order valence-electron chi connectivity index (χ0n) is 13.7. The first-order valence-electron chi connectivity index (χ1n) is 8.35. The molecule has 6 heteroatoms. The zero-order chi connectivity index (χ0) is 16.7. The average Bonchev–Trinajstić information content (AvgIpc) is 2.92. The number of aromatic amines is 1. The monoisotopic (exact) mass is 327 g/mol. The first kappa shape index (κ1) is 15.2. The Hall–Kier alpha value is -2.34. The number of rotatable bonds is 2. The molecule has 2 N–H and O–H groups in total. The van der Waals surface area contributed by atoms with Gasteiger partial charge in [0.05, 0.1) is 6.54 Å². The smallest absolute Gasteiger partial charge is 0.407 e. The van der Waals surface area contributed by atoms with Crippen molar-refractivity contribution < 1.29 is 9.53 Å². The predicted molar refractivity (Wildman–Crippen MR) is 91.0 cm³/mol. The highest BCUT2D eigenvalue weighted by molar-refractivity contribution is 5.79. The fourth-order valence-electron chi connectivity index (χ4n) is 3.63. The Morgan fingerprint density at radius 3 is 2.71 bits per heavy atom. The van der Waals surface area contributed by atoms with Crippen LogP contribution in [0, 0.1) is 6.92 Å². The van der Waals surface area contributed by atoms with Crippen LogP contribution >= 0.6 is 0 Å². The van der Waals surface area contributed by atoms with Gasteiger partial charge in [0, 0.05) is 43.6 Å². The van der Waals surface area contributed by atoms with Gasteiger partial charge in [-0.25, -0.2) is 4.79 Å². The van der Waals surface area contributed by atoms with Crippen molar-refractivity contribution in [3.05, 3.63) is 45.7 Å². The van der Waals surface area contributed by atoms with Crippen molar-refractivity contribution in [2.75, 3.05) is 19.6 Å². The van der Waals surface area contributed by atoms with Crippen LogP contribution in [0.1, 0.15) is 24.0 Å². The maximum Gasteiger partial charge on any atom is 0.407 e. The Bertz CT molecular complexity index is 850. The molecule has 2 aromatic rings. The SMILES string of the molecule is Cc1ccc2[nH]c(=O)c(CN3CCC4(CC3)CNC(=O)O4)cc2c1. The number of piperidine rings is 1. The number of pyridine rings is 1. The zero-order valence-corrected chi connectivity index (χ0v) is 13.7. The Labute approximate surface area is 139 Å². The van der Waals surface area contributed by atoms with Gasteiger partial charge in [-0.3, -0.25) is 9.69 Å². The number of H-pyrrole nitrogens is 1. The van der Waals surface area contributed by atoms with E-state index in [9.17, 15) is 9.59 Å². The van der Waals surface area contributed by atoms with Gasteiger partial charge >= 0.3 is 6.09 Å². The van der Waals surface area contributed by atoms with E-state index in [0.29, 0.717) is 13.1 Å². The summed E-state index contributed by atoms with van der Waals surface area (Å²) in [6, 6.07) is 8.02. The minimum absolute atomic E-state index is 0.0272. The molecule has 2 aliphatic heterocycles. The summed E-state index contributed by atoms with van der Waals surface area (Å²) in [4.78, 5) is 28.8. The number of alkyl carbamates (subject to hydrolysis) is 1. The summed E-state index contributed by atoms with van der Waals surface area (Å²) in [6.45, 7) is 4.90. The molecule has 0 atom stereocenters. The molecule has 3 heterocycles. The van der Waals surface area contributed by atoms with Crippen molar-refractivity contribution in [2.45, 2.75) is 31.9 Å². The molecule has 2 aliphatic rings. The van der Waals surface area contributed by atoms with Crippen LogP contribution in [0.15, 0.2) is 29.1 Å². The Kier molecular flexibility index (Phi) is 3.57. The topological polar surface area (TPSA) is 74.4 Å². The summed E-state index contributed by atoms with van der Waals surface area (Å²) in [5.41, 5.74) is 2.46. The van der Waals surface area contributed by atoms with E-state index >= 15 is 0 Å². The van der Waals surface area contributed by atoms with Gasteiger partial charge in [0.15, 0.2) is 0 Å². The fraction of sp³-hybridized carbons (Fsp3) is 0.444. The number of aromatic nitrogens is 1. The summed E-state index contributed by atoms with van der Waals surface area (Å²) in [7, 11) is 0. The molecule has 24 heavy (non-hydrogen) atoms. The maximum absolute atomic E-state index is 12.3. The molecular formula is C18H21N3O3. The first-order valence-corrected chi connectivity index (χ1v) is 8.35. The largest absolute Gasteiger partial charge is 0.441 e. The Morgan fingerprint density at radius 2 is 2.00 bits per heavy atom. The second-order valence-electron chi connectivity index (χ2n) is 6.92. The number of likely N-dealkylation sites (tertiary alicyclic amines) is 1. The quantitative estimate of drug-likeness (QED) is 0.884. The highest BCUT2D eigenvalue weighted by Gasteiger charge is 2.42. The standard InChI is InChI=1S/C18H21N3O3/c1-12-2-3-15-13(8-12)9-14(16(22)20-15)10-21-6-4-18(5-7-21)11-19-17(23)24-18/h2-3,8-9H,4-7,10-11H2,1H3,(H,19,23)(H,20,22). The molecule has 0 saturated carbocycles. The Morgan fingerprint density at radius 1 is 1.21 bits per heavy atom. The molecule has 6 nitrogen and oxygen atoms in total. The molecule has 1 amide bonds. The number of hydrogen-bond donors (Lipinski definition) is 2. The molecular weight excluding hydrogens is 306 g/mol. The number of amides is 1.